The third kappa shape index (κ3) is 3.52. The monoisotopic (exact) mass is 342 g/mol. The molecular formula is C13H22N6O3S. The Morgan fingerprint density at radius 3 is 2.70 bits per heavy atom. The van der Waals surface area contributed by atoms with Crippen LogP contribution in [0.15, 0.2) is 0 Å². The van der Waals surface area contributed by atoms with Crippen LogP contribution >= 0.6 is 0 Å². The Labute approximate surface area is 135 Å². The Balaban J connectivity index is 1.74. The van der Waals surface area contributed by atoms with E-state index in [1.807, 2.05) is 0 Å². The maximum atomic E-state index is 12.9. The van der Waals surface area contributed by atoms with E-state index in [4.69, 9.17) is 0 Å². The van der Waals surface area contributed by atoms with Crippen LogP contribution in [0.2, 0.25) is 0 Å². The Bertz CT molecular complexity index is 673. The molecule has 128 valence electrons. The second kappa shape index (κ2) is 6.52. The molecule has 9 nitrogen and oxygen atoms in total. The number of hydrogen-bond acceptors (Lipinski definition) is 6. The van der Waals surface area contributed by atoms with Crippen LogP contribution in [-0.4, -0.2) is 76.2 Å². The number of carbonyl (C=O) groups is 1. The zero-order valence-electron chi connectivity index (χ0n) is 13.3. The van der Waals surface area contributed by atoms with Crippen LogP contribution in [0.25, 0.3) is 0 Å². The average molecular weight is 342 g/mol. The van der Waals surface area contributed by atoms with Gasteiger partial charge >= 0.3 is 0 Å². The van der Waals surface area contributed by atoms with Crippen molar-refractivity contribution < 1.29 is 13.2 Å². The number of sulfonamides is 1. The van der Waals surface area contributed by atoms with E-state index in [9.17, 15) is 13.2 Å². The lowest BCUT2D eigenvalue weighted by Gasteiger charge is -2.25. The maximum Gasteiger partial charge on any atom is 0.233 e. The van der Waals surface area contributed by atoms with Gasteiger partial charge in [0.15, 0.2) is 5.82 Å². The number of amides is 1. The first-order valence-corrected chi connectivity index (χ1v) is 9.81. The minimum Gasteiger partial charge on any atom is -0.341 e. The molecular weight excluding hydrogens is 320 g/mol. The van der Waals surface area contributed by atoms with Crippen LogP contribution in [0, 0.1) is 0 Å². The number of aromatic nitrogens is 4. The van der Waals surface area contributed by atoms with Gasteiger partial charge in [0.25, 0.3) is 0 Å². The van der Waals surface area contributed by atoms with Crippen molar-refractivity contribution in [2.45, 2.75) is 38.1 Å². The SMILES string of the molecule is CS(=O)(=O)N1CCCN(C(=O)C2CCCCn3nnnc32)CC1. The highest BCUT2D eigenvalue weighted by molar-refractivity contribution is 7.88. The molecule has 1 unspecified atom stereocenters. The smallest absolute Gasteiger partial charge is 0.233 e. The first-order chi connectivity index (χ1) is 11.0. The number of hydrogen-bond donors (Lipinski definition) is 0. The third-order valence-corrected chi connectivity index (χ3v) is 5.82. The van der Waals surface area contributed by atoms with Crippen molar-refractivity contribution >= 4 is 15.9 Å². The van der Waals surface area contributed by atoms with Crippen molar-refractivity contribution in [3.05, 3.63) is 5.82 Å². The topological polar surface area (TPSA) is 101 Å². The van der Waals surface area contributed by atoms with E-state index >= 15 is 0 Å². The number of aryl methyl sites for hydroxylation is 1. The molecule has 0 bridgehead atoms. The van der Waals surface area contributed by atoms with Crippen LogP contribution in [0.5, 0.6) is 0 Å². The number of fused-ring (bicyclic) bond motifs is 1. The number of rotatable bonds is 2. The van der Waals surface area contributed by atoms with Crippen molar-refractivity contribution in [1.82, 2.24) is 29.4 Å². The minimum absolute atomic E-state index is 0.0123. The van der Waals surface area contributed by atoms with Gasteiger partial charge in [0, 0.05) is 32.7 Å². The molecule has 0 spiro atoms. The molecule has 1 aromatic heterocycles. The normalized spacial score (nSPS) is 23.9. The van der Waals surface area contributed by atoms with Gasteiger partial charge < -0.3 is 4.90 Å². The van der Waals surface area contributed by atoms with Crippen molar-refractivity contribution in [2.24, 2.45) is 0 Å². The van der Waals surface area contributed by atoms with Crippen LogP contribution in [-0.2, 0) is 21.4 Å². The minimum atomic E-state index is -3.21. The molecule has 1 amide bonds. The fourth-order valence-electron chi connectivity index (χ4n) is 3.26. The lowest BCUT2D eigenvalue weighted by molar-refractivity contribution is -0.133. The average Bonchev–Trinajstić information content (AvgIpc) is 2.73. The van der Waals surface area contributed by atoms with Crippen LogP contribution < -0.4 is 0 Å². The van der Waals surface area contributed by atoms with Gasteiger partial charge in [-0.3, -0.25) is 4.79 Å². The first kappa shape index (κ1) is 16.3. The predicted octanol–water partition coefficient (Wildman–Crippen LogP) is -0.565. The highest BCUT2D eigenvalue weighted by Crippen LogP contribution is 2.26. The fraction of sp³-hybridized carbons (Fsp3) is 0.846. The number of nitrogens with zero attached hydrogens (tertiary/aromatic N) is 6. The molecule has 0 aliphatic carbocycles. The van der Waals surface area contributed by atoms with Crippen molar-refractivity contribution in [3.63, 3.8) is 0 Å². The van der Waals surface area contributed by atoms with Crippen molar-refractivity contribution in [1.29, 1.82) is 0 Å². The lowest BCUT2D eigenvalue weighted by atomic mass is 10.0. The molecule has 0 radical (unpaired) electrons. The van der Waals surface area contributed by atoms with E-state index in [0.29, 0.717) is 38.4 Å². The zero-order valence-corrected chi connectivity index (χ0v) is 14.1. The zero-order chi connectivity index (χ0) is 16.4. The summed E-state index contributed by atoms with van der Waals surface area (Å²) in [6.07, 6.45) is 4.51. The molecule has 2 aliphatic rings. The summed E-state index contributed by atoms with van der Waals surface area (Å²) in [5, 5.41) is 11.7. The van der Waals surface area contributed by atoms with Gasteiger partial charge in [-0.1, -0.05) is 6.42 Å². The van der Waals surface area contributed by atoms with Crippen LogP contribution in [0.1, 0.15) is 37.4 Å². The van der Waals surface area contributed by atoms with E-state index in [2.05, 4.69) is 15.5 Å². The van der Waals surface area contributed by atoms with Gasteiger partial charge in [0.05, 0.1) is 12.2 Å². The van der Waals surface area contributed by atoms with Crippen LogP contribution in [0.3, 0.4) is 0 Å². The summed E-state index contributed by atoms with van der Waals surface area (Å²) in [5.41, 5.74) is 0. The van der Waals surface area contributed by atoms with Gasteiger partial charge in [-0.15, -0.1) is 5.10 Å². The van der Waals surface area contributed by atoms with Crippen molar-refractivity contribution in [2.75, 3.05) is 32.4 Å². The maximum absolute atomic E-state index is 12.9. The Morgan fingerprint density at radius 1 is 1.09 bits per heavy atom. The summed E-state index contributed by atoms with van der Waals surface area (Å²) in [5.74, 6) is 0.326. The predicted molar refractivity (Wildman–Crippen MR) is 82.0 cm³/mol. The molecule has 3 heterocycles. The van der Waals surface area contributed by atoms with Gasteiger partial charge in [-0.05, 0) is 29.7 Å². The summed E-state index contributed by atoms with van der Waals surface area (Å²) >= 11 is 0. The highest BCUT2D eigenvalue weighted by Gasteiger charge is 2.33. The Kier molecular flexibility index (Phi) is 4.62. The molecule has 0 N–H and O–H groups in total. The summed E-state index contributed by atoms with van der Waals surface area (Å²) in [6.45, 7) is 2.55. The molecule has 1 aromatic rings. The van der Waals surface area contributed by atoms with Gasteiger partial charge in [-0.25, -0.2) is 17.4 Å². The number of carbonyl (C=O) groups excluding carboxylic acids is 1. The third-order valence-electron chi connectivity index (χ3n) is 4.52. The quantitative estimate of drug-likeness (QED) is 0.714. The Morgan fingerprint density at radius 2 is 1.91 bits per heavy atom. The van der Waals surface area contributed by atoms with E-state index in [0.717, 1.165) is 25.8 Å². The summed E-state index contributed by atoms with van der Waals surface area (Å²) in [7, 11) is -3.21. The lowest BCUT2D eigenvalue weighted by Crippen LogP contribution is -2.39. The molecule has 1 saturated heterocycles. The molecule has 1 fully saturated rings. The Hall–Kier alpha value is -1.55. The summed E-state index contributed by atoms with van der Waals surface area (Å²) in [6, 6.07) is 0. The second-order valence-electron chi connectivity index (χ2n) is 6.15. The second-order valence-corrected chi connectivity index (χ2v) is 8.13. The number of tetrazole rings is 1. The van der Waals surface area contributed by atoms with E-state index < -0.39 is 10.0 Å². The van der Waals surface area contributed by atoms with E-state index in [1.165, 1.54) is 10.6 Å². The van der Waals surface area contributed by atoms with Crippen molar-refractivity contribution in [3.8, 4) is 0 Å². The fourth-order valence-corrected chi connectivity index (χ4v) is 4.13. The van der Waals surface area contributed by atoms with Gasteiger partial charge in [-0.2, -0.15) is 0 Å². The summed E-state index contributed by atoms with van der Waals surface area (Å²) < 4.78 is 26.5. The molecule has 1 atom stereocenters. The molecule has 0 aromatic carbocycles. The highest BCUT2D eigenvalue weighted by atomic mass is 32.2. The largest absolute Gasteiger partial charge is 0.341 e. The van der Waals surface area contributed by atoms with Gasteiger partial charge in [0.2, 0.25) is 15.9 Å². The molecule has 0 saturated carbocycles. The molecule has 10 heteroatoms. The molecule has 23 heavy (non-hydrogen) atoms. The molecule has 3 rings (SSSR count). The standard InChI is InChI=1S/C13H22N6O3S/c1-23(21,22)18-7-4-6-17(9-10-18)13(20)11-5-2-3-8-19-12(11)14-15-16-19/h11H,2-10H2,1H3. The first-order valence-electron chi connectivity index (χ1n) is 7.97. The van der Waals surface area contributed by atoms with Gasteiger partial charge in [0.1, 0.15) is 0 Å². The molecule has 2 aliphatic heterocycles. The van der Waals surface area contributed by atoms with Crippen LogP contribution in [0.4, 0.5) is 0 Å². The van der Waals surface area contributed by atoms with E-state index in [1.54, 1.807) is 9.58 Å². The summed E-state index contributed by atoms with van der Waals surface area (Å²) in [4.78, 5) is 14.7. The van der Waals surface area contributed by atoms with E-state index in [-0.39, 0.29) is 11.8 Å².